The minimum absolute atomic E-state index is 0.0733. The molecule has 3 aliphatic rings. The molecule has 7 nitrogen and oxygen atoms in total. The smallest absolute Gasteiger partial charge is 0.225 e. The van der Waals surface area contributed by atoms with Crippen molar-refractivity contribution in [2.45, 2.75) is 18.9 Å². The Kier molecular flexibility index (Phi) is 7.21. The maximum absolute atomic E-state index is 13.5. The molecule has 2 saturated heterocycles. The van der Waals surface area contributed by atoms with Crippen LogP contribution >= 0.6 is 0 Å². The van der Waals surface area contributed by atoms with Gasteiger partial charge in [-0.3, -0.25) is 9.69 Å². The molecule has 3 aliphatic heterocycles. The number of benzene rings is 2. The third kappa shape index (κ3) is 5.00. The summed E-state index contributed by atoms with van der Waals surface area (Å²) in [5.74, 6) is 0.971. The first-order valence-electron chi connectivity index (χ1n) is 12.5. The van der Waals surface area contributed by atoms with Crippen LogP contribution in [0, 0.1) is 5.92 Å². The molecule has 1 N–H and O–H groups in total. The second-order valence-electron chi connectivity index (χ2n) is 9.45. The highest BCUT2D eigenvalue weighted by atomic mass is 16.5. The van der Waals surface area contributed by atoms with Crippen LogP contribution in [0.25, 0.3) is 0 Å². The van der Waals surface area contributed by atoms with Crippen LogP contribution in [0.4, 0.5) is 11.4 Å². The lowest BCUT2D eigenvalue weighted by Crippen LogP contribution is -2.61. The summed E-state index contributed by atoms with van der Waals surface area (Å²) in [7, 11) is 1.71. The third-order valence-electron chi connectivity index (χ3n) is 7.44. The van der Waals surface area contributed by atoms with Gasteiger partial charge >= 0.3 is 0 Å². The molecule has 2 atom stereocenters. The van der Waals surface area contributed by atoms with Crippen molar-refractivity contribution in [1.82, 2.24) is 10.2 Å². The van der Waals surface area contributed by atoms with Crippen LogP contribution in [-0.2, 0) is 16.0 Å². The second kappa shape index (κ2) is 10.7. The Balaban J connectivity index is 1.29. The summed E-state index contributed by atoms with van der Waals surface area (Å²) in [5.41, 5.74) is 3.68. The van der Waals surface area contributed by atoms with Crippen molar-refractivity contribution in [3.63, 3.8) is 0 Å². The number of para-hydroxylation sites is 1. The highest BCUT2D eigenvalue weighted by molar-refractivity contribution is 5.82. The number of rotatable bonds is 7. The number of carbonyl (C=O) groups excluding carboxylic acids is 1. The molecule has 0 spiro atoms. The quantitative estimate of drug-likeness (QED) is 0.635. The van der Waals surface area contributed by atoms with Crippen LogP contribution < -0.4 is 19.9 Å². The predicted molar refractivity (Wildman–Crippen MR) is 135 cm³/mol. The van der Waals surface area contributed by atoms with E-state index in [-0.39, 0.29) is 17.9 Å². The molecule has 0 aromatic heterocycles. The SMILES string of the molecule is COc1ccc2c(c1)N1CCN(c3ccccc3)C[C@H]1[C@@H](C(=O)NCCCN1CCOCC1)C2. The molecule has 0 aliphatic carbocycles. The van der Waals surface area contributed by atoms with Crippen LogP contribution in [0.3, 0.4) is 0 Å². The molecule has 0 bridgehead atoms. The van der Waals surface area contributed by atoms with Gasteiger partial charge in [0, 0.05) is 56.7 Å². The second-order valence-corrected chi connectivity index (χ2v) is 9.45. The standard InChI is InChI=1S/C27H36N4O3/c1-33-23-9-8-21-18-24(27(32)28-10-5-11-29-14-16-34-17-15-29)26-20-30(22-6-3-2-4-7-22)12-13-31(26)25(21)19-23/h2-4,6-9,19,24,26H,5,10-18,20H2,1H3,(H,28,32)/t24-,26-/m0/s1. The number of piperazine rings is 1. The third-order valence-corrected chi connectivity index (χ3v) is 7.44. The number of hydrogen-bond acceptors (Lipinski definition) is 6. The highest BCUT2D eigenvalue weighted by Gasteiger charge is 2.41. The number of amides is 1. The topological polar surface area (TPSA) is 57.3 Å². The van der Waals surface area contributed by atoms with Gasteiger partial charge < -0.3 is 24.6 Å². The summed E-state index contributed by atoms with van der Waals surface area (Å²) in [4.78, 5) is 20.7. The van der Waals surface area contributed by atoms with Crippen LogP contribution in [0.5, 0.6) is 5.75 Å². The maximum Gasteiger partial charge on any atom is 0.225 e. The number of fused-ring (bicyclic) bond motifs is 3. The first-order chi connectivity index (χ1) is 16.7. The minimum atomic E-state index is -0.0733. The van der Waals surface area contributed by atoms with Crippen LogP contribution in [0.2, 0.25) is 0 Å². The normalized spacial score (nSPS) is 22.6. The van der Waals surface area contributed by atoms with E-state index in [9.17, 15) is 4.79 Å². The van der Waals surface area contributed by atoms with Gasteiger partial charge in [0.2, 0.25) is 5.91 Å². The molecular weight excluding hydrogens is 428 g/mol. The average molecular weight is 465 g/mol. The first kappa shape index (κ1) is 23.0. The Morgan fingerprint density at radius 2 is 1.91 bits per heavy atom. The number of hydrogen-bond donors (Lipinski definition) is 1. The van der Waals surface area contributed by atoms with Gasteiger partial charge in [-0.15, -0.1) is 0 Å². The van der Waals surface area contributed by atoms with Crippen molar-refractivity contribution in [1.29, 1.82) is 0 Å². The lowest BCUT2D eigenvalue weighted by molar-refractivity contribution is -0.125. The van der Waals surface area contributed by atoms with Crippen molar-refractivity contribution < 1.29 is 14.3 Å². The summed E-state index contributed by atoms with van der Waals surface area (Å²) in [6.45, 7) is 8.00. The summed E-state index contributed by atoms with van der Waals surface area (Å²) in [6, 6.07) is 17.0. The Bertz CT molecular complexity index is 964. The molecule has 2 fully saturated rings. The number of methoxy groups -OCH3 is 1. The van der Waals surface area contributed by atoms with E-state index in [0.717, 1.165) is 77.6 Å². The van der Waals surface area contributed by atoms with Crippen LogP contribution in [-0.4, -0.2) is 83.0 Å². The van der Waals surface area contributed by atoms with E-state index in [2.05, 4.69) is 62.5 Å². The van der Waals surface area contributed by atoms with E-state index in [1.165, 1.54) is 16.9 Å². The zero-order valence-corrected chi connectivity index (χ0v) is 20.1. The number of carbonyl (C=O) groups is 1. The molecule has 5 rings (SSSR count). The monoisotopic (exact) mass is 464 g/mol. The Labute approximate surface area is 202 Å². The van der Waals surface area contributed by atoms with Crippen molar-refractivity contribution in [2.75, 3.05) is 75.9 Å². The summed E-state index contributed by atoms with van der Waals surface area (Å²) < 4.78 is 10.9. The molecule has 182 valence electrons. The lowest BCUT2D eigenvalue weighted by Gasteiger charge is -2.49. The summed E-state index contributed by atoms with van der Waals surface area (Å²) in [6.07, 6.45) is 1.73. The van der Waals surface area contributed by atoms with Crippen molar-refractivity contribution in [3.8, 4) is 5.75 Å². The molecule has 7 heteroatoms. The van der Waals surface area contributed by atoms with E-state index in [0.29, 0.717) is 0 Å². The number of morpholine rings is 1. The first-order valence-corrected chi connectivity index (χ1v) is 12.5. The number of ether oxygens (including phenoxy) is 2. The van der Waals surface area contributed by atoms with E-state index in [1.54, 1.807) is 7.11 Å². The number of nitrogens with zero attached hydrogens (tertiary/aromatic N) is 3. The van der Waals surface area contributed by atoms with Gasteiger partial charge in [0.15, 0.2) is 0 Å². The zero-order valence-electron chi connectivity index (χ0n) is 20.1. The van der Waals surface area contributed by atoms with Crippen molar-refractivity contribution in [3.05, 3.63) is 54.1 Å². The van der Waals surface area contributed by atoms with E-state index in [1.807, 2.05) is 6.07 Å². The Morgan fingerprint density at radius 1 is 1.09 bits per heavy atom. The number of anilines is 2. The van der Waals surface area contributed by atoms with Crippen LogP contribution in [0.15, 0.2) is 48.5 Å². The molecule has 0 radical (unpaired) electrons. The fraction of sp³-hybridized carbons (Fsp3) is 0.519. The van der Waals surface area contributed by atoms with Gasteiger partial charge in [0.25, 0.3) is 0 Å². The molecule has 3 heterocycles. The lowest BCUT2D eigenvalue weighted by atomic mass is 9.83. The van der Waals surface area contributed by atoms with Crippen molar-refractivity contribution in [2.24, 2.45) is 5.92 Å². The van der Waals surface area contributed by atoms with Gasteiger partial charge in [-0.1, -0.05) is 24.3 Å². The maximum atomic E-state index is 13.5. The van der Waals surface area contributed by atoms with E-state index >= 15 is 0 Å². The fourth-order valence-corrected chi connectivity index (χ4v) is 5.55. The Hall–Kier alpha value is -2.77. The van der Waals surface area contributed by atoms with E-state index in [4.69, 9.17) is 9.47 Å². The van der Waals surface area contributed by atoms with Gasteiger partial charge in [0.05, 0.1) is 32.3 Å². The molecular formula is C27H36N4O3. The van der Waals surface area contributed by atoms with Gasteiger partial charge in [-0.2, -0.15) is 0 Å². The van der Waals surface area contributed by atoms with E-state index < -0.39 is 0 Å². The summed E-state index contributed by atoms with van der Waals surface area (Å²) in [5, 5.41) is 3.27. The van der Waals surface area contributed by atoms with Gasteiger partial charge in [-0.05, 0) is 43.1 Å². The number of nitrogens with one attached hydrogen (secondary N) is 1. The molecule has 2 aromatic rings. The summed E-state index contributed by atoms with van der Waals surface area (Å²) >= 11 is 0. The molecule has 2 aromatic carbocycles. The minimum Gasteiger partial charge on any atom is -0.497 e. The zero-order chi connectivity index (χ0) is 23.3. The average Bonchev–Trinajstić information content (AvgIpc) is 2.91. The largest absolute Gasteiger partial charge is 0.497 e. The van der Waals surface area contributed by atoms with Gasteiger partial charge in [-0.25, -0.2) is 0 Å². The molecule has 0 unspecified atom stereocenters. The fourth-order valence-electron chi connectivity index (χ4n) is 5.55. The van der Waals surface area contributed by atoms with Gasteiger partial charge in [0.1, 0.15) is 5.75 Å². The molecule has 0 saturated carbocycles. The Morgan fingerprint density at radius 3 is 2.71 bits per heavy atom. The van der Waals surface area contributed by atoms with Crippen molar-refractivity contribution >= 4 is 17.3 Å². The predicted octanol–water partition coefficient (Wildman–Crippen LogP) is 2.40. The molecule has 34 heavy (non-hydrogen) atoms. The molecule has 1 amide bonds. The van der Waals surface area contributed by atoms with Crippen LogP contribution in [0.1, 0.15) is 12.0 Å². The highest BCUT2D eigenvalue weighted by Crippen LogP contribution is 2.38.